The molecular weight excluding hydrogens is 297 g/mol. The van der Waals surface area contributed by atoms with Crippen LogP contribution in [0.5, 0.6) is 0 Å². The zero-order chi connectivity index (χ0) is 16.2. The van der Waals surface area contributed by atoms with Crippen LogP contribution in [0, 0.1) is 0 Å². The van der Waals surface area contributed by atoms with Gasteiger partial charge in [-0.1, -0.05) is 30.3 Å². The number of hydrogen-bond donors (Lipinski definition) is 2. The third-order valence-electron chi connectivity index (χ3n) is 2.64. The zero-order valence-electron chi connectivity index (χ0n) is 11.1. The standard InChI is InChI=1S/C14H11F3N4O/c15-14(16,17)11-7-6-10(12(18)20-11)13(22)21-19-8-9-4-2-1-3-5-9/h1-8H,(H2,18,20)(H,21,22)/b19-8+. The van der Waals surface area contributed by atoms with Gasteiger partial charge in [0, 0.05) is 0 Å². The summed E-state index contributed by atoms with van der Waals surface area (Å²) in [4.78, 5) is 15.0. The van der Waals surface area contributed by atoms with Crippen molar-refractivity contribution in [2.24, 2.45) is 5.10 Å². The number of carbonyl (C=O) groups excluding carboxylic acids is 1. The highest BCUT2D eigenvalue weighted by Crippen LogP contribution is 2.28. The van der Waals surface area contributed by atoms with Crippen LogP contribution in [-0.4, -0.2) is 17.1 Å². The number of amides is 1. The van der Waals surface area contributed by atoms with Crippen molar-refractivity contribution in [1.29, 1.82) is 0 Å². The lowest BCUT2D eigenvalue weighted by Gasteiger charge is -2.08. The van der Waals surface area contributed by atoms with Crippen molar-refractivity contribution in [2.45, 2.75) is 6.18 Å². The molecule has 0 bridgehead atoms. The third-order valence-corrected chi connectivity index (χ3v) is 2.64. The number of rotatable bonds is 3. The maximum atomic E-state index is 12.4. The van der Waals surface area contributed by atoms with Crippen LogP contribution in [0.15, 0.2) is 47.6 Å². The summed E-state index contributed by atoms with van der Waals surface area (Å²) in [5.41, 5.74) is 6.96. The molecule has 1 aromatic heterocycles. The Morgan fingerprint density at radius 2 is 1.86 bits per heavy atom. The van der Waals surface area contributed by atoms with Gasteiger partial charge in [-0.05, 0) is 17.7 Å². The molecular formula is C14H11F3N4O. The van der Waals surface area contributed by atoms with Crippen molar-refractivity contribution in [1.82, 2.24) is 10.4 Å². The normalized spacial score (nSPS) is 11.6. The highest BCUT2D eigenvalue weighted by Gasteiger charge is 2.33. The molecule has 0 atom stereocenters. The van der Waals surface area contributed by atoms with E-state index in [1.165, 1.54) is 6.21 Å². The molecule has 1 aromatic carbocycles. The predicted molar refractivity (Wildman–Crippen MR) is 75.2 cm³/mol. The molecule has 0 unspecified atom stereocenters. The first-order valence-electron chi connectivity index (χ1n) is 6.10. The smallest absolute Gasteiger partial charge is 0.383 e. The van der Waals surface area contributed by atoms with Crippen LogP contribution >= 0.6 is 0 Å². The Morgan fingerprint density at radius 1 is 1.18 bits per heavy atom. The summed E-state index contributed by atoms with van der Waals surface area (Å²) in [6.45, 7) is 0. The Bertz CT molecular complexity index is 699. The predicted octanol–water partition coefficient (Wildman–Crippen LogP) is 2.45. The summed E-state index contributed by atoms with van der Waals surface area (Å²) >= 11 is 0. The molecule has 0 saturated heterocycles. The molecule has 1 amide bonds. The zero-order valence-corrected chi connectivity index (χ0v) is 11.1. The minimum atomic E-state index is -4.62. The number of nitrogens with two attached hydrogens (primary N) is 1. The van der Waals surface area contributed by atoms with E-state index in [2.05, 4.69) is 15.5 Å². The number of pyridine rings is 1. The van der Waals surface area contributed by atoms with Gasteiger partial charge >= 0.3 is 6.18 Å². The summed E-state index contributed by atoms with van der Waals surface area (Å²) in [5, 5.41) is 3.70. The minimum Gasteiger partial charge on any atom is -0.383 e. The van der Waals surface area contributed by atoms with E-state index >= 15 is 0 Å². The van der Waals surface area contributed by atoms with Crippen LogP contribution in [-0.2, 0) is 6.18 Å². The quantitative estimate of drug-likeness (QED) is 0.675. The maximum Gasteiger partial charge on any atom is 0.433 e. The molecule has 0 aliphatic carbocycles. The third kappa shape index (κ3) is 3.81. The lowest BCUT2D eigenvalue weighted by molar-refractivity contribution is -0.141. The number of hydrazone groups is 1. The van der Waals surface area contributed by atoms with Crippen molar-refractivity contribution in [3.05, 3.63) is 59.3 Å². The average Bonchev–Trinajstić information content (AvgIpc) is 2.47. The summed E-state index contributed by atoms with van der Waals surface area (Å²) in [5.74, 6) is -1.26. The number of benzene rings is 1. The second kappa shape index (κ2) is 6.25. The Morgan fingerprint density at radius 3 is 2.45 bits per heavy atom. The van der Waals surface area contributed by atoms with Gasteiger partial charge in [-0.25, -0.2) is 10.4 Å². The van der Waals surface area contributed by atoms with Crippen LogP contribution in [0.3, 0.4) is 0 Å². The molecule has 1 heterocycles. The number of anilines is 1. The monoisotopic (exact) mass is 308 g/mol. The van der Waals surface area contributed by atoms with Gasteiger partial charge in [0.15, 0.2) is 0 Å². The van der Waals surface area contributed by atoms with Gasteiger partial charge in [-0.2, -0.15) is 18.3 Å². The molecule has 8 heteroatoms. The van der Waals surface area contributed by atoms with Crippen molar-refractivity contribution >= 4 is 17.9 Å². The van der Waals surface area contributed by atoms with Crippen LogP contribution in [0.25, 0.3) is 0 Å². The second-order valence-electron chi connectivity index (χ2n) is 4.24. The Kier molecular flexibility index (Phi) is 4.40. The lowest BCUT2D eigenvalue weighted by Crippen LogP contribution is -2.21. The van der Waals surface area contributed by atoms with Crippen molar-refractivity contribution in [3.63, 3.8) is 0 Å². The fourth-order valence-electron chi connectivity index (χ4n) is 1.59. The molecule has 0 spiro atoms. The molecule has 0 aliphatic rings. The summed E-state index contributed by atoms with van der Waals surface area (Å²) in [6, 6.07) is 10.6. The van der Waals surface area contributed by atoms with Gasteiger partial charge in [0.2, 0.25) is 0 Å². The number of halogens is 3. The number of aromatic nitrogens is 1. The summed E-state index contributed by atoms with van der Waals surface area (Å²) in [7, 11) is 0. The summed E-state index contributed by atoms with van der Waals surface area (Å²) < 4.78 is 37.3. The van der Waals surface area contributed by atoms with E-state index in [1.54, 1.807) is 24.3 Å². The van der Waals surface area contributed by atoms with E-state index in [-0.39, 0.29) is 5.56 Å². The molecule has 0 radical (unpaired) electrons. The highest BCUT2D eigenvalue weighted by molar-refractivity contribution is 5.98. The van der Waals surface area contributed by atoms with Crippen LogP contribution in [0.4, 0.5) is 19.0 Å². The fourth-order valence-corrected chi connectivity index (χ4v) is 1.59. The molecule has 0 aliphatic heterocycles. The van der Waals surface area contributed by atoms with Gasteiger partial charge in [0.25, 0.3) is 5.91 Å². The molecule has 22 heavy (non-hydrogen) atoms. The fraction of sp³-hybridized carbons (Fsp3) is 0.0714. The summed E-state index contributed by atoms with van der Waals surface area (Å²) in [6.07, 6.45) is -3.22. The van der Waals surface area contributed by atoms with E-state index in [9.17, 15) is 18.0 Å². The topological polar surface area (TPSA) is 80.4 Å². The Balaban J connectivity index is 2.09. The van der Waals surface area contributed by atoms with E-state index < -0.39 is 23.6 Å². The number of alkyl halides is 3. The van der Waals surface area contributed by atoms with E-state index in [0.29, 0.717) is 6.07 Å². The molecule has 0 saturated carbocycles. The number of nitrogens with zero attached hydrogens (tertiary/aromatic N) is 2. The first-order chi connectivity index (χ1) is 10.4. The Labute approximate surface area is 123 Å². The van der Waals surface area contributed by atoms with E-state index in [1.807, 2.05) is 6.07 Å². The molecule has 2 rings (SSSR count). The number of carbonyl (C=O) groups is 1. The van der Waals surface area contributed by atoms with Gasteiger partial charge in [-0.15, -0.1) is 0 Å². The molecule has 5 nitrogen and oxygen atoms in total. The SMILES string of the molecule is Nc1nc(C(F)(F)F)ccc1C(=O)N/N=C/c1ccccc1. The second-order valence-corrected chi connectivity index (χ2v) is 4.24. The molecule has 114 valence electrons. The van der Waals surface area contributed by atoms with Gasteiger partial charge in [-0.3, -0.25) is 4.79 Å². The van der Waals surface area contributed by atoms with E-state index in [0.717, 1.165) is 11.6 Å². The van der Waals surface area contributed by atoms with Crippen molar-refractivity contribution in [3.8, 4) is 0 Å². The Hall–Kier alpha value is -2.90. The molecule has 3 N–H and O–H groups in total. The minimum absolute atomic E-state index is 0.182. The number of nitrogens with one attached hydrogen (secondary N) is 1. The van der Waals surface area contributed by atoms with Crippen LogP contribution in [0.1, 0.15) is 21.6 Å². The first kappa shape index (κ1) is 15.5. The van der Waals surface area contributed by atoms with Gasteiger partial charge in [0.05, 0.1) is 11.8 Å². The maximum absolute atomic E-state index is 12.4. The largest absolute Gasteiger partial charge is 0.433 e. The number of nitrogen functional groups attached to an aromatic ring is 1. The lowest BCUT2D eigenvalue weighted by atomic mass is 10.2. The van der Waals surface area contributed by atoms with Gasteiger partial charge < -0.3 is 5.73 Å². The molecule has 2 aromatic rings. The highest BCUT2D eigenvalue weighted by atomic mass is 19.4. The van der Waals surface area contributed by atoms with Crippen LogP contribution < -0.4 is 11.2 Å². The first-order valence-corrected chi connectivity index (χ1v) is 6.10. The van der Waals surface area contributed by atoms with Crippen molar-refractivity contribution < 1.29 is 18.0 Å². The van der Waals surface area contributed by atoms with Crippen LogP contribution in [0.2, 0.25) is 0 Å². The average molecular weight is 308 g/mol. The molecule has 0 fully saturated rings. The van der Waals surface area contributed by atoms with Gasteiger partial charge in [0.1, 0.15) is 11.5 Å². The van der Waals surface area contributed by atoms with E-state index in [4.69, 9.17) is 5.73 Å². The van der Waals surface area contributed by atoms with Crippen molar-refractivity contribution in [2.75, 3.05) is 5.73 Å². The number of hydrogen-bond acceptors (Lipinski definition) is 4.